The van der Waals surface area contributed by atoms with E-state index in [1.807, 2.05) is 12.1 Å². The molecule has 0 atom stereocenters. The standard InChI is InChI=1S/C17H18BrFO/c1-11(2)16-7-6-15(8-12(16)3)20-10-13-4-5-14(19)9-17(13)18/h4-9,11H,10H2,1-3H3. The van der Waals surface area contributed by atoms with Gasteiger partial charge in [-0.05, 0) is 48.2 Å². The van der Waals surface area contributed by atoms with Gasteiger partial charge in [-0.1, -0.05) is 41.9 Å². The van der Waals surface area contributed by atoms with Crippen LogP contribution in [-0.2, 0) is 6.61 Å². The highest BCUT2D eigenvalue weighted by atomic mass is 79.9. The first-order chi connectivity index (χ1) is 9.47. The monoisotopic (exact) mass is 336 g/mol. The summed E-state index contributed by atoms with van der Waals surface area (Å²) >= 11 is 3.35. The van der Waals surface area contributed by atoms with Gasteiger partial charge in [0, 0.05) is 10.0 Å². The zero-order valence-electron chi connectivity index (χ0n) is 11.9. The normalized spacial score (nSPS) is 10.9. The van der Waals surface area contributed by atoms with Crippen LogP contribution in [0.3, 0.4) is 0 Å². The molecule has 2 rings (SSSR count). The lowest BCUT2D eigenvalue weighted by Gasteiger charge is -2.13. The maximum atomic E-state index is 13.0. The minimum Gasteiger partial charge on any atom is -0.489 e. The third-order valence-corrected chi connectivity index (χ3v) is 4.01. The van der Waals surface area contributed by atoms with Crippen molar-refractivity contribution in [1.29, 1.82) is 0 Å². The minimum atomic E-state index is -0.252. The molecule has 0 N–H and O–H groups in total. The third-order valence-electron chi connectivity index (χ3n) is 3.27. The molecule has 0 saturated carbocycles. The van der Waals surface area contributed by atoms with Gasteiger partial charge in [0.05, 0.1) is 0 Å². The molecule has 1 nitrogen and oxygen atoms in total. The van der Waals surface area contributed by atoms with Gasteiger partial charge in [-0.3, -0.25) is 0 Å². The second-order valence-corrected chi connectivity index (χ2v) is 6.05. The van der Waals surface area contributed by atoms with Crippen molar-refractivity contribution in [1.82, 2.24) is 0 Å². The number of ether oxygens (including phenoxy) is 1. The molecule has 0 aliphatic rings. The molecule has 0 saturated heterocycles. The van der Waals surface area contributed by atoms with Crippen LogP contribution in [0.25, 0.3) is 0 Å². The van der Waals surface area contributed by atoms with E-state index in [9.17, 15) is 4.39 Å². The molecule has 0 spiro atoms. The van der Waals surface area contributed by atoms with E-state index < -0.39 is 0 Å². The summed E-state index contributed by atoms with van der Waals surface area (Å²) in [6.07, 6.45) is 0. The molecule has 3 heteroatoms. The van der Waals surface area contributed by atoms with E-state index in [0.29, 0.717) is 12.5 Å². The molecule has 2 aromatic carbocycles. The Balaban J connectivity index is 2.09. The van der Waals surface area contributed by atoms with Gasteiger partial charge < -0.3 is 4.74 Å². The smallest absolute Gasteiger partial charge is 0.124 e. The second-order valence-electron chi connectivity index (χ2n) is 5.20. The van der Waals surface area contributed by atoms with Crippen molar-refractivity contribution in [2.45, 2.75) is 33.3 Å². The van der Waals surface area contributed by atoms with E-state index in [2.05, 4.69) is 42.8 Å². The molecule has 0 fully saturated rings. The Morgan fingerprint density at radius 2 is 1.90 bits per heavy atom. The third kappa shape index (κ3) is 3.60. The van der Waals surface area contributed by atoms with Gasteiger partial charge in [0.25, 0.3) is 0 Å². The van der Waals surface area contributed by atoms with Gasteiger partial charge in [0.2, 0.25) is 0 Å². The first-order valence-electron chi connectivity index (χ1n) is 6.64. The van der Waals surface area contributed by atoms with E-state index >= 15 is 0 Å². The highest BCUT2D eigenvalue weighted by Crippen LogP contribution is 2.25. The first-order valence-corrected chi connectivity index (χ1v) is 7.44. The maximum Gasteiger partial charge on any atom is 0.124 e. The van der Waals surface area contributed by atoms with Crippen LogP contribution in [0.4, 0.5) is 4.39 Å². The SMILES string of the molecule is Cc1cc(OCc2ccc(F)cc2Br)ccc1C(C)C. The fourth-order valence-corrected chi connectivity index (χ4v) is 2.65. The quantitative estimate of drug-likeness (QED) is 0.706. The largest absolute Gasteiger partial charge is 0.489 e. The van der Waals surface area contributed by atoms with Gasteiger partial charge in [0.1, 0.15) is 18.2 Å². The molecular formula is C17H18BrFO. The Hall–Kier alpha value is -1.35. The number of aryl methyl sites for hydroxylation is 1. The van der Waals surface area contributed by atoms with Crippen LogP contribution in [0, 0.1) is 12.7 Å². The summed E-state index contributed by atoms with van der Waals surface area (Å²) in [4.78, 5) is 0. The summed E-state index contributed by atoms with van der Waals surface area (Å²) in [5, 5.41) is 0. The van der Waals surface area contributed by atoms with Crippen molar-refractivity contribution in [2.75, 3.05) is 0 Å². The summed E-state index contributed by atoms with van der Waals surface area (Å²) in [6.45, 7) is 6.87. The van der Waals surface area contributed by atoms with Gasteiger partial charge >= 0.3 is 0 Å². The zero-order chi connectivity index (χ0) is 14.7. The summed E-state index contributed by atoms with van der Waals surface area (Å²) in [6, 6.07) is 10.8. The van der Waals surface area contributed by atoms with Crippen LogP contribution in [0.1, 0.15) is 36.5 Å². The predicted molar refractivity (Wildman–Crippen MR) is 83.7 cm³/mol. The van der Waals surface area contributed by atoms with Crippen molar-refractivity contribution in [3.8, 4) is 5.75 Å². The van der Waals surface area contributed by atoms with Gasteiger partial charge in [-0.15, -0.1) is 0 Å². The lowest BCUT2D eigenvalue weighted by molar-refractivity contribution is 0.305. The maximum absolute atomic E-state index is 13.0. The topological polar surface area (TPSA) is 9.23 Å². The minimum absolute atomic E-state index is 0.252. The summed E-state index contributed by atoms with van der Waals surface area (Å²) in [7, 11) is 0. The fourth-order valence-electron chi connectivity index (χ4n) is 2.19. The predicted octanol–water partition coefficient (Wildman–Crippen LogP) is 5.60. The van der Waals surface area contributed by atoms with Crippen LogP contribution in [-0.4, -0.2) is 0 Å². The number of halogens is 2. The molecule has 106 valence electrons. The number of benzene rings is 2. The highest BCUT2D eigenvalue weighted by Gasteiger charge is 2.06. The Morgan fingerprint density at radius 3 is 2.50 bits per heavy atom. The Kier molecular flexibility index (Phi) is 4.81. The fraction of sp³-hybridized carbons (Fsp3) is 0.294. The highest BCUT2D eigenvalue weighted by molar-refractivity contribution is 9.10. The van der Waals surface area contributed by atoms with Crippen molar-refractivity contribution in [3.63, 3.8) is 0 Å². The van der Waals surface area contributed by atoms with Crippen molar-refractivity contribution >= 4 is 15.9 Å². The lowest BCUT2D eigenvalue weighted by Crippen LogP contribution is -1.98. The van der Waals surface area contributed by atoms with Crippen molar-refractivity contribution in [3.05, 3.63) is 63.4 Å². The molecule has 0 aliphatic carbocycles. The van der Waals surface area contributed by atoms with E-state index in [0.717, 1.165) is 15.8 Å². The molecule has 0 unspecified atom stereocenters. The van der Waals surface area contributed by atoms with Crippen LogP contribution in [0.15, 0.2) is 40.9 Å². The van der Waals surface area contributed by atoms with E-state index in [-0.39, 0.29) is 5.82 Å². The van der Waals surface area contributed by atoms with Crippen LogP contribution < -0.4 is 4.74 Å². The molecule has 0 amide bonds. The van der Waals surface area contributed by atoms with Crippen molar-refractivity contribution < 1.29 is 9.13 Å². The van der Waals surface area contributed by atoms with Gasteiger partial charge in [-0.2, -0.15) is 0 Å². The van der Waals surface area contributed by atoms with E-state index in [1.165, 1.54) is 23.3 Å². The average molecular weight is 337 g/mol. The Morgan fingerprint density at radius 1 is 1.15 bits per heavy atom. The van der Waals surface area contributed by atoms with Gasteiger partial charge in [-0.25, -0.2) is 4.39 Å². The molecule has 0 aromatic heterocycles. The summed E-state index contributed by atoms with van der Waals surface area (Å²) in [5.74, 6) is 1.09. The number of hydrogen-bond donors (Lipinski definition) is 0. The van der Waals surface area contributed by atoms with Crippen molar-refractivity contribution in [2.24, 2.45) is 0 Å². The van der Waals surface area contributed by atoms with Crippen LogP contribution in [0.5, 0.6) is 5.75 Å². The Labute approximate surface area is 127 Å². The molecule has 0 aliphatic heterocycles. The zero-order valence-corrected chi connectivity index (χ0v) is 13.5. The summed E-state index contributed by atoms with van der Waals surface area (Å²) in [5.41, 5.74) is 3.49. The molecule has 2 aromatic rings. The van der Waals surface area contributed by atoms with E-state index in [1.54, 1.807) is 6.07 Å². The molecule has 0 radical (unpaired) electrons. The molecule has 0 bridgehead atoms. The Bertz CT molecular complexity index is 608. The molecular weight excluding hydrogens is 319 g/mol. The average Bonchev–Trinajstić information content (AvgIpc) is 2.37. The first kappa shape index (κ1) is 15.0. The molecule has 0 heterocycles. The second kappa shape index (κ2) is 6.40. The van der Waals surface area contributed by atoms with E-state index in [4.69, 9.17) is 4.74 Å². The number of hydrogen-bond acceptors (Lipinski definition) is 1. The number of rotatable bonds is 4. The van der Waals surface area contributed by atoms with Gasteiger partial charge in [0.15, 0.2) is 0 Å². The van der Waals surface area contributed by atoms with Crippen LogP contribution in [0.2, 0.25) is 0 Å². The van der Waals surface area contributed by atoms with Crippen LogP contribution >= 0.6 is 15.9 Å². The lowest BCUT2D eigenvalue weighted by atomic mass is 9.98. The molecule has 20 heavy (non-hydrogen) atoms. The summed E-state index contributed by atoms with van der Waals surface area (Å²) < 4.78 is 19.5.